The summed E-state index contributed by atoms with van der Waals surface area (Å²) in [4.78, 5) is 2.38. The lowest BCUT2D eigenvalue weighted by molar-refractivity contribution is 0.0337. The third kappa shape index (κ3) is 4.50. The van der Waals surface area contributed by atoms with Crippen LogP contribution in [0.15, 0.2) is 24.3 Å². The SMILES string of the molecule is CCNC(CCN1CCC(O)C(C)C1)c1ccccc1F. The molecule has 2 rings (SSSR count). The molecular formula is C17H27FN2O. The van der Waals surface area contributed by atoms with E-state index in [-0.39, 0.29) is 18.0 Å². The van der Waals surface area contributed by atoms with Crippen molar-refractivity contribution in [2.45, 2.75) is 38.8 Å². The molecule has 0 bridgehead atoms. The Hall–Kier alpha value is -0.970. The maximum Gasteiger partial charge on any atom is 0.127 e. The number of benzene rings is 1. The molecule has 4 heteroatoms. The van der Waals surface area contributed by atoms with Gasteiger partial charge in [0.2, 0.25) is 0 Å². The first kappa shape index (κ1) is 16.4. The molecule has 0 aliphatic carbocycles. The lowest BCUT2D eigenvalue weighted by atomic mass is 9.96. The number of halogens is 1. The minimum atomic E-state index is -0.169. The van der Waals surface area contributed by atoms with Crippen molar-refractivity contribution in [2.24, 2.45) is 5.92 Å². The zero-order valence-corrected chi connectivity index (χ0v) is 13.1. The normalized spacial score (nSPS) is 25.0. The Kier molecular flexibility index (Phi) is 6.15. The first-order chi connectivity index (χ1) is 10.1. The Balaban J connectivity index is 1.93. The molecule has 0 amide bonds. The van der Waals surface area contributed by atoms with Crippen molar-refractivity contribution in [1.82, 2.24) is 10.2 Å². The lowest BCUT2D eigenvalue weighted by Crippen LogP contribution is -2.43. The van der Waals surface area contributed by atoms with E-state index in [1.165, 1.54) is 6.07 Å². The molecule has 1 heterocycles. The maximum absolute atomic E-state index is 14.0. The Morgan fingerprint density at radius 2 is 2.19 bits per heavy atom. The smallest absolute Gasteiger partial charge is 0.127 e. The van der Waals surface area contributed by atoms with E-state index in [0.717, 1.165) is 44.6 Å². The van der Waals surface area contributed by atoms with Crippen LogP contribution in [0.25, 0.3) is 0 Å². The number of aliphatic hydroxyl groups excluding tert-OH is 1. The molecule has 1 aliphatic rings. The molecule has 0 aromatic heterocycles. The monoisotopic (exact) mass is 294 g/mol. The number of hydrogen-bond donors (Lipinski definition) is 2. The van der Waals surface area contributed by atoms with E-state index < -0.39 is 0 Å². The van der Waals surface area contributed by atoms with Crippen LogP contribution in [0.1, 0.15) is 38.3 Å². The highest BCUT2D eigenvalue weighted by Crippen LogP contribution is 2.22. The van der Waals surface area contributed by atoms with Crippen molar-refractivity contribution in [3.05, 3.63) is 35.6 Å². The predicted octanol–water partition coefficient (Wildman–Crippen LogP) is 2.57. The van der Waals surface area contributed by atoms with Crippen molar-refractivity contribution in [3.63, 3.8) is 0 Å². The van der Waals surface area contributed by atoms with Gasteiger partial charge in [-0.2, -0.15) is 0 Å². The molecule has 0 spiro atoms. The van der Waals surface area contributed by atoms with Gasteiger partial charge in [-0.3, -0.25) is 0 Å². The van der Waals surface area contributed by atoms with Crippen LogP contribution in [0.3, 0.4) is 0 Å². The van der Waals surface area contributed by atoms with Crippen LogP contribution in [-0.4, -0.2) is 42.3 Å². The van der Waals surface area contributed by atoms with Gasteiger partial charge in [0, 0.05) is 24.7 Å². The number of likely N-dealkylation sites (tertiary alicyclic amines) is 1. The second kappa shape index (κ2) is 7.87. The van der Waals surface area contributed by atoms with Crippen molar-refractivity contribution >= 4 is 0 Å². The molecule has 1 aromatic rings. The third-order valence-corrected chi connectivity index (χ3v) is 4.41. The molecule has 1 aliphatic heterocycles. The standard InChI is InChI=1S/C17H27FN2O/c1-3-19-16(14-6-4-5-7-15(14)18)8-10-20-11-9-17(21)13(2)12-20/h4-7,13,16-17,19,21H,3,8-12H2,1-2H3. The van der Waals surface area contributed by atoms with Gasteiger partial charge in [0.25, 0.3) is 0 Å². The van der Waals surface area contributed by atoms with E-state index in [1.54, 1.807) is 6.07 Å². The van der Waals surface area contributed by atoms with E-state index in [2.05, 4.69) is 17.1 Å². The predicted molar refractivity (Wildman–Crippen MR) is 83.7 cm³/mol. The van der Waals surface area contributed by atoms with E-state index in [9.17, 15) is 9.50 Å². The van der Waals surface area contributed by atoms with Crippen LogP contribution < -0.4 is 5.32 Å². The maximum atomic E-state index is 14.0. The van der Waals surface area contributed by atoms with Crippen molar-refractivity contribution < 1.29 is 9.50 Å². The highest BCUT2D eigenvalue weighted by molar-refractivity contribution is 5.21. The number of nitrogens with zero attached hydrogens (tertiary/aromatic N) is 1. The van der Waals surface area contributed by atoms with Gasteiger partial charge in [-0.05, 0) is 37.9 Å². The van der Waals surface area contributed by atoms with Crippen LogP contribution in [0.4, 0.5) is 4.39 Å². The number of piperidine rings is 1. The highest BCUT2D eigenvalue weighted by atomic mass is 19.1. The molecule has 3 nitrogen and oxygen atoms in total. The highest BCUT2D eigenvalue weighted by Gasteiger charge is 2.24. The van der Waals surface area contributed by atoms with Gasteiger partial charge in [0.15, 0.2) is 0 Å². The van der Waals surface area contributed by atoms with Gasteiger partial charge in [0.05, 0.1) is 6.10 Å². The molecule has 2 N–H and O–H groups in total. The minimum Gasteiger partial charge on any atom is -0.393 e. The van der Waals surface area contributed by atoms with Crippen LogP contribution in [0.5, 0.6) is 0 Å². The van der Waals surface area contributed by atoms with Crippen molar-refractivity contribution in [1.29, 1.82) is 0 Å². The van der Waals surface area contributed by atoms with Gasteiger partial charge in [-0.15, -0.1) is 0 Å². The summed E-state index contributed by atoms with van der Waals surface area (Å²) in [5.74, 6) is 0.190. The zero-order chi connectivity index (χ0) is 15.2. The third-order valence-electron chi connectivity index (χ3n) is 4.41. The molecule has 21 heavy (non-hydrogen) atoms. The zero-order valence-electron chi connectivity index (χ0n) is 13.1. The summed E-state index contributed by atoms with van der Waals surface area (Å²) in [6, 6.07) is 7.07. The fourth-order valence-corrected chi connectivity index (χ4v) is 3.11. The van der Waals surface area contributed by atoms with Gasteiger partial charge in [-0.1, -0.05) is 32.0 Å². The molecule has 1 fully saturated rings. The van der Waals surface area contributed by atoms with Crippen LogP contribution in [0.2, 0.25) is 0 Å². The summed E-state index contributed by atoms with van der Waals surface area (Å²) in [6.07, 6.45) is 1.56. The van der Waals surface area contributed by atoms with Gasteiger partial charge in [0.1, 0.15) is 5.82 Å². The quantitative estimate of drug-likeness (QED) is 0.846. The van der Waals surface area contributed by atoms with E-state index in [0.29, 0.717) is 5.92 Å². The summed E-state index contributed by atoms with van der Waals surface area (Å²) in [7, 11) is 0. The molecule has 1 aromatic carbocycles. The average molecular weight is 294 g/mol. The lowest BCUT2D eigenvalue weighted by Gasteiger charge is -2.35. The Morgan fingerprint density at radius 3 is 2.86 bits per heavy atom. The number of rotatable bonds is 6. The van der Waals surface area contributed by atoms with Gasteiger partial charge in [-0.25, -0.2) is 4.39 Å². The first-order valence-electron chi connectivity index (χ1n) is 8.00. The molecule has 1 saturated heterocycles. The fourth-order valence-electron chi connectivity index (χ4n) is 3.11. The number of nitrogens with one attached hydrogen (secondary N) is 1. The molecular weight excluding hydrogens is 267 g/mol. The first-order valence-corrected chi connectivity index (χ1v) is 8.00. The molecule has 3 atom stereocenters. The summed E-state index contributed by atoms with van der Waals surface area (Å²) in [5.41, 5.74) is 0.754. The molecule has 3 unspecified atom stereocenters. The van der Waals surface area contributed by atoms with Crippen molar-refractivity contribution in [2.75, 3.05) is 26.2 Å². The second-order valence-electron chi connectivity index (χ2n) is 6.05. The summed E-state index contributed by atoms with van der Waals surface area (Å²) < 4.78 is 14.0. The topological polar surface area (TPSA) is 35.5 Å². The molecule has 118 valence electrons. The van der Waals surface area contributed by atoms with Crippen LogP contribution >= 0.6 is 0 Å². The fraction of sp³-hybridized carbons (Fsp3) is 0.647. The summed E-state index contributed by atoms with van der Waals surface area (Å²) >= 11 is 0. The average Bonchev–Trinajstić information content (AvgIpc) is 2.48. The van der Waals surface area contributed by atoms with E-state index in [4.69, 9.17) is 0 Å². The molecule has 0 radical (unpaired) electrons. The van der Waals surface area contributed by atoms with Crippen LogP contribution in [0, 0.1) is 11.7 Å². The second-order valence-corrected chi connectivity index (χ2v) is 6.05. The summed E-state index contributed by atoms with van der Waals surface area (Å²) in [5, 5.41) is 13.2. The van der Waals surface area contributed by atoms with E-state index in [1.807, 2.05) is 19.1 Å². The Morgan fingerprint density at radius 1 is 1.43 bits per heavy atom. The number of hydrogen-bond acceptors (Lipinski definition) is 3. The van der Waals surface area contributed by atoms with E-state index >= 15 is 0 Å². The van der Waals surface area contributed by atoms with Gasteiger partial charge >= 0.3 is 0 Å². The minimum absolute atomic E-state index is 0.0540. The van der Waals surface area contributed by atoms with Crippen molar-refractivity contribution in [3.8, 4) is 0 Å². The number of aliphatic hydroxyl groups is 1. The largest absolute Gasteiger partial charge is 0.393 e. The van der Waals surface area contributed by atoms with Crippen LogP contribution in [-0.2, 0) is 0 Å². The molecule has 0 saturated carbocycles. The Labute approximate surface area is 127 Å². The van der Waals surface area contributed by atoms with Gasteiger partial charge < -0.3 is 15.3 Å². The summed E-state index contributed by atoms with van der Waals surface area (Å²) in [6.45, 7) is 7.76. The Bertz CT molecular complexity index is 441.